The summed E-state index contributed by atoms with van der Waals surface area (Å²) in [5.41, 5.74) is 1.45. The van der Waals surface area contributed by atoms with Gasteiger partial charge in [-0.25, -0.2) is 0 Å². The lowest BCUT2D eigenvalue weighted by Gasteiger charge is -2.21. The average Bonchev–Trinajstić information content (AvgIpc) is 2.94. The second kappa shape index (κ2) is 5.64. The van der Waals surface area contributed by atoms with Gasteiger partial charge in [-0.05, 0) is 37.2 Å². The maximum Gasteiger partial charge on any atom is 0.193 e. The first-order valence-electron chi connectivity index (χ1n) is 7.39. The number of hydrogen-bond donors (Lipinski definition) is 1. The zero-order valence-electron chi connectivity index (χ0n) is 11.7. The Morgan fingerprint density at radius 3 is 2.68 bits per heavy atom. The lowest BCUT2D eigenvalue weighted by Crippen LogP contribution is -2.41. The minimum atomic E-state index is 0.625. The van der Waals surface area contributed by atoms with E-state index in [-0.39, 0.29) is 0 Å². The number of benzene rings is 1. The van der Waals surface area contributed by atoms with Crippen molar-refractivity contribution in [2.75, 3.05) is 20.1 Å². The van der Waals surface area contributed by atoms with Crippen LogP contribution in [0.5, 0.6) is 0 Å². The van der Waals surface area contributed by atoms with E-state index in [9.17, 15) is 0 Å². The molecule has 3 heteroatoms. The normalized spacial score (nSPS) is 26.6. The Morgan fingerprint density at radius 2 is 2.00 bits per heavy atom. The van der Waals surface area contributed by atoms with E-state index in [1.54, 1.807) is 0 Å². The molecule has 1 aliphatic heterocycles. The molecular weight excluding hydrogens is 234 g/mol. The molecule has 2 atom stereocenters. The number of nitrogens with one attached hydrogen (secondary N) is 1. The average molecular weight is 257 g/mol. The summed E-state index contributed by atoms with van der Waals surface area (Å²) in [6, 6.07) is 11.4. The fraction of sp³-hybridized carbons (Fsp3) is 0.562. The van der Waals surface area contributed by atoms with Gasteiger partial charge in [0.2, 0.25) is 0 Å². The molecule has 2 fully saturated rings. The summed E-state index contributed by atoms with van der Waals surface area (Å²) < 4.78 is 0. The Balaban J connectivity index is 1.50. The molecule has 0 amide bonds. The molecular formula is C16H23N3. The van der Waals surface area contributed by atoms with Crippen molar-refractivity contribution in [3.63, 3.8) is 0 Å². The quantitative estimate of drug-likeness (QED) is 0.664. The Kier molecular flexibility index (Phi) is 3.72. The van der Waals surface area contributed by atoms with Crippen molar-refractivity contribution in [1.82, 2.24) is 10.2 Å². The van der Waals surface area contributed by atoms with Crippen molar-refractivity contribution >= 4 is 5.96 Å². The van der Waals surface area contributed by atoms with E-state index in [1.807, 2.05) is 7.05 Å². The number of aliphatic imine (C=N–C) groups is 1. The SMILES string of the molecule is CN=C(NC1CC1Cc1ccccc1)N1CCCC1. The minimum absolute atomic E-state index is 0.625. The Hall–Kier alpha value is -1.51. The van der Waals surface area contributed by atoms with E-state index in [2.05, 4.69) is 45.5 Å². The topological polar surface area (TPSA) is 27.6 Å². The third-order valence-corrected chi connectivity index (χ3v) is 4.20. The van der Waals surface area contributed by atoms with Gasteiger partial charge < -0.3 is 10.2 Å². The van der Waals surface area contributed by atoms with E-state index in [0.717, 1.165) is 25.0 Å². The Morgan fingerprint density at radius 1 is 1.26 bits per heavy atom. The maximum absolute atomic E-state index is 4.42. The van der Waals surface area contributed by atoms with E-state index in [1.165, 1.54) is 31.2 Å². The standard InChI is InChI=1S/C16H23N3/c1-17-16(19-9-5-6-10-19)18-15-12-14(15)11-13-7-3-2-4-8-13/h2-4,7-8,14-15H,5-6,9-12H2,1H3,(H,17,18). The van der Waals surface area contributed by atoms with Crippen LogP contribution in [0.1, 0.15) is 24.8 Å². The summed E-state index contributed by atoms with van der Waals surface area (Å²) in [7, 11) is 1.90. The van der Waals surface area contributed by atoms with Crippen molar-refractivity contribution in [2.24, 2.45) is 10.9 Å². The highest BCUT2D eigenvalue weighted by Crippen LogP contribution is 2.34. The largest absolute Gasteiger partial charge is 0.353 e. The van der Waals surface area contributed by atoms with Crippen molar-refractivity contribution in [2.45, 2.75) is 31.7 Å². The first-order valence-corrected chi connectivity index (χ1v) is 7.39. The summed E-state index contributed by atoms with van der Waals surface area (Å²) in [5, 5.41) is 3.63. The molecule has 3 nitrogen and oxygen atoms in total. The Labute approximate surface area is 115 Å². The van der Waals surface area contributed by atoms with Crippen LogP contribution in [0.15, 0.2) is 35.3 Å². The number of rotatable bonds is 3. The lowest BCUT2D eigenvalue weighted by atomic mass is 10.1. The predicted octanol–water partition coefficient (Wildman–Crippen LogP) is 2.29. The highest BCUT2D eigenvalue weighted by Gasteiger charge is 2.38. The summed E-state index contributed by atoms with van der Waals surface area (Å²) >= 11 is 0. The first-order chi connectivity index (χ1) is 9.36. The molecule has 2 unspecified atom stereocenters. The third kappa shape index (κ3) is 3.09. The number of nitrogens with zero attached hydrogens (tertiary/aromatic N) is 2. The molecule has 2 aliphatic rings. The molecule has 0 aromatic heterocycles. The molecule has 1 heterocycles. The van der Waals surface area contributed by atoms with E-state index in [0.29, 0.717) is 6.04 Å². The molecule has 3 rings (SSSR count). The summed E-state index contributed by atoms with van der Waals surface area (Å²) in [5.74, 6) is 1.89. The van der Waals surface area contributed by atoms with E-state index < -0.39 is 0 Å². The molecule has 1 saturated carbocycles. The van der Waals surface area contributed by atoms with Crippen LogP contribution in [0.25, 0.3) is 0 Å². The third-order valence-electron chi connectivity index (χ3n) is 4.20. The van der Waals surface area contributed by atoms with Crippen molar-refractivity contribution in [3.8, 4) is 0 Å². The van der Waals surface area contributed by atoms with Crippen LogP contribution < -0.4 is 5.32 Å². The van der Waals surface area contributed by atoms with Gasteiger partial charge in [-0.3, -0.25) is 4.99 Å². The van der Waals surface area contributed by atoms with Gasteiger partial charge in [-0.2, -0.15) is 0 Å². The van der Waals surface area contributed by atoms with Gasteiger partial charge in [0.05, 0.1) is 0 Å². The Bertz CT molecular complexity index is 435. The number of likely N-dealkylation sites (tertiary alicyclic amines) is 1. The molecule has 1 aliphatic carbocycles. The van der Waals surface area contributed by atoms with E-state index in [4.69, 9.17) is 0 Å². The fourth-order valence-electron chi connectivity index (χ4n) is 2.96. The second-order valence-electron chi connectivity index (χ2n) is 5.68. The molecule has 1 aromatic carbocycles. The van der Waals surface area contributed by atoms with Gasteiger partial charge in [0.1, 0.15) is 0 Å². The molecule has 19 heavy (non-hydrogen) atoms. The van der Waals surface area contributed by atoms with Gasteiger partial charge in [0, 0.05) is 26.2 Å². The fourth-order valence-corrected chi connectivity index (χ4v) is 2.96. The summed E-state index contributed by atoms with van der Waals surface area (Å²) in [6.45, 7) is 2.32. The van der Waals surface area contributed by atoms with Crippen LogP contribution in [-0.4, -0.2) is 37.0 Å². The van der Waals surface area contributed by atoms with Crippen molar-refractivity contribution in [3.05, 3.63) is 35.9 Å². The number of hydrogen-bond acceptors (Lipinski definition) is 1. The van der Waals surface area contributed by atoms with Crippen LogP contribution in [0.4, 0.5) is 0 Å². The highest BCUT2D eigenvalue weighted by atomic mass is 15.3. The van der Waals surface area contributed by atoms with Gasteiger partial charge in [0.25, 0.3) is 0 Å². The van der Waals surface area contributed by atoms with Gasteiger partial charge in [-0.15, -0.1) is 0 Å². The van der Waals surface area contributed by atoms with Gasteiger partial charge in [0.15, 0.2) is 5.96 Å². The molecule has 1 N–H and O–H groups in total. The zero-order chi connectivity index (χ0) is 13.1. The van der Waals surface area contributed by atoms with Crippen LogP contribution in [-0.2, 0) is 6.42 Å². The van der Waals surface area contributed by atoms with Crippen molar-refractivity contribution < 1.29 is 0 Å². The van der Waals surface area contributed by atoms with Crippen LogP contribution in [0, 0.1) is 5.92 Å². The summed E-state index contributed by atoms with van der Waals surface area (Å²) in [4.78, 5) is 6.81. The molecule has 1 saturated heterocycles. The molecule has 0 bridgehead atoms. The number of guanidine groups is 1. The van der Waals surface area contributed by atoms with Gasteiger partial charge in [-0.1, -0.05) is 30.3 Å². The van der Waals surface area contributed by atoms with Crippen molar-refractivity contribution in [1.29, 1.82) is 0 Å². The molecule has 0 radical (unpaired) electrons. The monoisotopic (exact) mass is 257 g/mol. The van der Waals surface area contributed by atoms with Gasteiger partial charge >= 0.3 is 0 Å². The zero-order valence-corrected chi connectivity index (χ0v) is 11.7. The predicted molar refractivity (Wildman–Crippen MR) is 79.3 cm³/mol. The second-order valence-corrected chi connectivity index (χ2v) is 5.68. The highest BCUT2D eigenvalue weighted by molar-refractivity contribution is 5.80. The van der Waals surface area contributed by atoms with Crippen LogP contribution >= 0.6 is 0 Å². The smallest absolute Gasteiger partial charge is 0.193 e. The van der Waals surface area contributed by atoms with Crippen LogP contribution in [0.2, 0.25) is 0 Å². The lowest BCUT2D eigenvalue weighted by molar-refractivity contribution is 0.490. The maximum atomic E-state index is 4.42. The minimum Gasteiger partial charge on any atom is -0.353 e. The van der Waals surface area contributed by atoms with Crippen LogP contribution in [0.3, 0.4) is 0 Å². The van der Waals surface area contributed by atoms with E-state index >= 15 is 0 Å². The molecule has 102 valence electrons. The molecule has 0 spiro atoms. The molecule has 1 aromatic rings. The first kappa shape index (κ1) is 12.5. The summed E-state index contributed by atoms with van der Waals surface area (Å²) in [6.07, 6.45) is 5.08.